The molecule has 0 aliphatic heterocycles. The Hall–Kier alpha value is -2.32. The van der Waals surface area contributed by atoms with Crippen molar-refractivity contribution in [3.63, 3.8) is 0 Å². The Morgan fingerprint density at radius 2 is 1.53 bits per heavy atom. The lowest BCUT2D eigenvalue weighted by Gasteiger charge is -2.26. The minimum absolute atomic E-state index is 0.299. The van der Waals surface area contributed by atoms with E-state index in [0.717, 1.165) is 4.90 Å². The number of amides is 3. The van der Waals surface area contributed by atoms with E-state index in [4.69, 9.17) is 22.4 Å². The SMILES string of the molecule is CC(C)C(C(=O)N(CC(N)=O)CC(N)=O)C(N)=NO. The molecule has 0 saturated heterocycles. The Morgan fingerprint density at radius 3 is 1.79 bits per heavy atom. The number of rotatable bonds is 7. The van der Waals surface area contributed by atoms with Gasteiger partial charge in [-0.2, -0.15) is 0 Å². The summed E-state index contributed by atoms with van der Waals surface area (Å²) in [6.45, 7) is 2.41. The van der Waals surface area contributed by atoms with Crippen LogP contribution in [0.5, 0.6) is 0 Å². The maximum Gasteiger partial charge on any atom is 0.237 e. The molecule has 19 heavy (non-hydrogen) atoms. The lowest BCUT2D eigenvalue weighted by atomic mass is 9.93. The molecule has 0 heterocycles. The van der Waals surface area contributed by atoms with E-state index >= 15 is 0 Å². The van der Waals surface area contributed by atoms with Crippen LogP contribution in [0.2, 0.25) is 0 Å². The molecule has 0 aromatic heterocycles. The van der Waals surface area contributed by atoms with Crippen molar-refractivity contribution in [1.29, 1.82) is 0 Å². The largest absolute Gasteiger partial charge is 0.409 e. The first kappa shape index (κ1) is 16.7. The molecule has 0 fully saturated rings. The first-order chi connectivity index (χ1) is 8.70. The molecule has 0 aliphatic rings. The molecule has 0 aliphatic carbocycles. The number of hydrogen-bond acceptors (Lipinski definition) is 5. The second-order valence-electron chi connectivity index (χ2n) is 4.37. The Labute approximate surface area is 110 Å². The van der Waals surface area contributed by atoms with Gasteiger partial charge in [0.2, 0.25) is 17.7 Å². The van der Waals surface area contributed by atoms with E-state index < -0.39 is 36.7 Å². The number of hydrogen-bond donors (Lipinski definition) is 4. The molecule has 1 unspecified atom stereocenters. The molecule has 0 spiro atoms. The molecule has 0 saturated carbocycles. The van der Waals surface area contributed by atoms with Gasteiger partial charge in [-0.3, -0.25) is 14.4 Å². The Balaban J connectivity index is 5.23. The van der Waals surface area contributed by atoms with Gasteiger partial charge >= 0.3 is 0 Å². The number of carbonyl (C=O) groups is 3. The number of primary amides is 2. The second kappa shape index (κ2) is 7.19. The molecule has 0 bridgehead atoms. The number of carbonyl (C=O) groups excluding carboxylic acids is 3. The third-order valence-corrected chi connectivity index (χ3v) is 2.37. The molecule has 9 heteroatoms. The van der Waals surface area contributed by atoms with Gasteiger partial charge in [-0.1, -0.05) is 19.0 Å². The minimum atomic E-state index is -0.969. The van der Waals surface area contributed by atoms with E-state index in [9.17, 15) is 14.4 Å². The van der Waals surface area contributed by atoms with Crippen molar-refractivity contribution in [2.45, 2.75) is 13.8 Å². The normalized spacial score (nSPS) is 13.1. The molecular weight excluding hydrogens is 254 g/mol. The van der Waals surface area contributed by atoms with Crippen molar-refractivity contribution in [2.24, 2.45) is 34.2 Å². The van der Waals surface area contributed by atoms with Crippen LogP contribution in [-0.2, 0) is 14.4 Å². The lowest BCUT2D eigenvalue weighted by Crippen LogP contribution is -2.49. The van der Waals surface area contributed by atoms with E-state index in [0.29, 0.717) is 0 Å². The lowest BCUT2D eigenvalue weighted by molar-refractivity contribution is -0.140. The highest BCUT2D eigenvalue weighted by atomic mass is 16.4. The van der Waals surface area contributed by atoms with Crippen LogP contribution >= 0.6 is 0 Å². The first-order valence-corrected chi connectivity index (χ1v) is 5.53. The van der Waals surface area contributed by atoms with E-state index in [2.05, 4.69) is 5.16 Å². The Morgan fingerprint density at radius 1 is 1.11 bits per heavy atom. The smallest absolute Gasteiger partial charge is 0.237 e. The highest BCUT2D eigenvalue weighted by Gasteiger charge is 2.32. The summed E-state index contributed by atoms with van der Waals surface area (Å²) in [5.74, 6) is -3.81. The summed E-state index contributed by atoms with van der Waals surface area (Å²) in [5.41, 5.74) is 15.4. The molecule has 9 nitrogen and oxygen atoms in total. The standard InChI is InChI=1S/C10H19N5O4/c1-5(2)8(9(13)14-19)10(18)15(3-6(11)16)4-7(12)17/h5,8,19H,3-4H2,1-2H3,(H2,11,16)(H2,12,17)(H2,13,14). The average molecular weight is 273 g/mol. The molecule has 0 aromatic carbocycles. The fourth-order valence-electron chi connectivity index (χ4n) is 1.60. The van der Waals surface area contributed by atoms with Gasteiger partial charge < -0.3 is 27.3 Å². The zero-order chi connectivity index (χ0) is 15.2. The van der Waals surface area contributed by atoms with E-state index in [-0.39, 0.29) is 11.8 Å². The van der Waals surface area contributed by atoms with Crippen molar-refractivity contribution in [3.8, 4) is 0 Å². The number of amidine groups is 1. The number of nitrogens with zero attached hydrogens (tertiary/aromatic N) is 2. The summed E-state index contributed by atoms with van der Waals surface area (Å²) < 4.78 is 0. The maximum atomic E-state index is 12.2. The Bertz CT molecular complexity index is 377. The van der Waals surface area contributed by atoms with Gasteiger partial charge in [0.15, 0.2) is 5.84 Å². The van der Waals surface area contributed by atoms with Gasteiger partial charge in [0.1, 0.15) is 5.92 Å². The third kappa shape index (κ3) is 5.23. The summed E-state index contributed by atoms with van der Waals surface area (Å²) in [6.07, 6.45) is 0. The monoisotopic (exact) mass is 273 g/mol. The summed E-state index contributed by atoms with van der Waals surface area (Å²) in [6, 6.07) is 0. The fourth-order valence-corrected chi connectivity index (χ4v) is 1.60. The molecule has 1 atom stereocenters. The molecule has 0 radical (unpaired) electrons. The maximum absolute atomic E-state index is 12.2. The summed E-state index contributed by atoms with van der Waals surface area (Å²) in [5, 5.41) is 11.4. The molecule has 0 rings (SSSR count). The molecule has 7 N–H and O–H groups in total. The van der Waals surface area contributed by atoms with Crippen LogP contribution in [0.3, 0.4) is 0 Å². The van der Waals surface area contributed by atoms with Gasteiger partial charge in [0.25, 0.3) is 0 Å². The Kier molecular flexibility index (Phi) is 6.31. The van der Waals surface area contributed by atoms with E-state index in [1.807, 2.05) is 0 Å². The number of oxime groups is 1. The second-order valence-corrected chi connectivity index (χ2v) is 4.37. The minimum Gasteiger partial charge on any atom is -0.409 e. The van der Waals surface area contributed by atoms with Gasteiger partial charge in [-0.05, 0) is 5.92 Å². The van der Waals surface area contributed by atoms with Crippen LogP contribution in [-0.4, -0.2) is 46.8 Å². The third-order valence-electron chi connectivity index (χ3n) is 2.37. The van der Waals surface area contributed by atoms with Gasteiger partial charge in [0.05, 0.1) is 13.1 Å². The first-order valence-electron chi connectivity index (χ1n) is 5.53. The van der Waals surface area contributed by atoms with Crippen LogP contribution in [0.4, 0.5) is 0 Å². The topological polar surface area (TPSA) is 165 Å². The van der Waals surface area contributed by atoms with Gasteiger partial charge in [-0.25, -0.2) is 0 Å². The van der Waals surface area contributed by atoms with Crippen LogP contribution in [0.25, 0.3) is 0 Å². The van der Waals surface area contributed by atoms with Crippen LogP contribution in [0, 0.1) is 11.8 Å². The number of nitrogens with two attached hydrogens (primary N) is 3. The van der Waals surface area contributed by atoms with Crippen molar-refractivity contribution in [3.05, 3.63) is 0 Å². The molecule has 0 aromatic rings. The zero-order valence-corrected chi connectivity index (χ0v) is 10.9. The fraction of sp³-hybridized carbons (Fsp3) is 0.600. The summed E-state index contributed by atoms with van der Waals surface area (Å²) in [4.78, 5) is 34.9. The van der Waals surface area contributed by atoms with E-state index in [1.54, 1.807) is 13.8 Å². The predicted octanol–water partition coefficient (Wildman–Crippen LogP) is -2.20. The zero-order valence-electron chi connectivity index (χ0n) is 10.9. The quantitative estimate of drug-likeness (QED) is 0.178. The highest BCUT2D eigenvalue weighted by Crippen LogP contribution is 2.14. The van der Waals surface area contributed by atoms with Gasteiger partial charge in [0, 0.05) is 0 Å². The predicted molar refractivity (Wildman–Crippen MR) is 66.7 cm³/mol. The van der Waals surface area contributed by atoms with Crippen LogP contribution in [0.1, 0.15) is 13.8 Å². The highest BCUT2D eigenvalue weighted by molar-refractivity contribution is 6.04. The van der Waals surface area contributed by atoms with Gasteiger partial charge in [-0.15, -0.1) is 0 Å². The summed E-state index contributed by atoms with van der Waals surface area (Å²) >= 11 is 0. The van der Waals surface area contributed by atoms with Crippen molar-refractivity contribution >= 4 is 23.6 Å². The molecular formula is C10H19N5O4. The van der Waals surface area contributed by atoms with E-state index in [1.165, 1.54) is 0 Å². The molecule has 3 amide bonds. The van der Waals surface area contributed by atoms with Crippen molar-refractivity contribution in [2.75, 3.05) is 13.1 Å². The van der Waals surface area contributed by atoms with Crippen LogP contribution < -0.4 is 17.2 Å². The van der Waals surface area contributed by atoms with Crippen molar-refractivity contribution < 1.29 is 19.6 Å². The average Bonchev–Trinajstić information content (AvgIpc) is 2.26. The van der Waals surface area contributed by atoms with Crippen molar-refractivity contribution in [1.82, 2.24) is 4.90 Å². The molecule has 108 valence electrons. The van der Waals surface area contributed by atoms with Crippen LogP contribution in [0.15, 0.2) is 5.16 Å². The summed E-state index contributed by atoms with van der Waals surface area (Å²) in [7, 11) is 0.